The normalized spacial score (nSPS) is 10.8. The summed E-state index contributed by atoms with van der Waals surface area (Å²) in [6.45, 7) is -0.278. The van der Waals surface area contributed by atoms with Crippen LogP contribution in [0.4, 0.5) is 18.9 Å². The van der Waals surface area contributed by atoms with Gasteiger partial charge in [0.2, 0.25) is 0 Å². The molecule has 1 amide bonds. The predicted molar refractivity (Wildman–Crippen MR) is 79.7 cm³/mol. The fraction of sp³-hybridized carbons (Fsp3) is 0.0667. The molecule has 0 radical (unpaired) electrons. The number of benzene rings is 2. The average molecular weight is 343 g/mol. The Morgan fingerprint density at radius 2 is 2.00 bits per heavy atom. The number of oxime groups is 1. The molecule has 0 saturated carbocycles. The highest BCUT2D eigenvalue weighted by molar-refractivity contribution is 6.31. The number of rotatable bonds is 5. The van der Waals surface area contributed by atoms with Crippen molar-refractivity contribution >= 4 is 29.4 Å². The van der Waals surface area contributed by atoms with Crippen molar-refractivity contribution < 1.29 is 22.8 Å². The molecular formula is C15H10ClF3N2O2. The zero-order chi connectivity index (χ0) is 16.8. The average Bonchev–Trinajstić information content (AvgIpc) is 2.49. The zero-order valence-corrected chi connectivity index (χ0v) is 12.3. The van der Waals surface area contributed by atoms with Crippen LogP contribution in [0.3, 0.4) is 0 Å². The number of hydrogen-bond donors (Lipinski definition) is 1. The fourth-order valence-corrected chi connectivity index (χ4v) is 1.83. The number of nitrogens with one attached hydrogen (secondary N) is 1. The van der Waals surface area contributed by atoms with Gasteiger partial charge in [-0.3, -0.25) is 4.79 Å². The van der Waals surface area contributed by atoms with Crippen LogP contribution in [0, 0.1) is 17.5 Å². The van der Waals surface area contributed by atoms with Gasteiger partial charge in [0.25, 0.3) is 5.91 Å². The topological polar surface area (TPSA) is 50.7 Å². The minimum atomic E-state index is -0.925. The van der Waals surface area contributed by atoms with Crippen LogP contribution in [0.2, 0.25) is 5.02 Å². The largest absolute Gasteiger partial charge is 0.391 e. The Bertz CT molecular complexity index is 733. The molecule has 8 heteroatoms. The molecule has 0 aromatic heterocycles. The Morgan fingerprint density at radius 1 is 1.22 bits per heavy atom. The maximum absolute atomic E-state index is 13.4. The first-order valence-corrected chi connectivity index (χ1v) is 6.69. The van der Waals surface area contributed by atoms with Crippen LogP contribution in [0.15, 0.2) is 41.6 Å². The van der Waals surface area contributed by atoms with E-state index in [-0.39, 0.29) is 22.9 Å². The summed E-state index contributed by atoms with van der Waals surface area (Å²) in [5, 5.41) is 5.65. The molecule has 0 spiro atoms. The first kappa shape index (κ1) is 16.8. The molecule has 0 saturated heterocycles. The van der Waals surface area contributed by atoms with Crippen LogP contribution < -0.4 is 5.32 Å². The number of nitrogens with zero attached hydrogens (tertiary/aromatic N) is 1. The third kappa shape index (κ3) is 4.72. The molecular weight excluding hydrogens is 333 g/mol. The minimum absolute atomic E-state index is 0.0938. The van der Waals surface area contributed by atoms with Crippen molar-refractivity contribution in [1.82, 2.24) is 0 Å². The summed E-state index contributed by atoms with van der Waals surface area (Å²) in [7, 11) is 0. The maximum atomic E-state index is 13.4. The molecule has 23 heavy (non-hydrogen) atoms. The van der Waals surface area contributed by atoms with Crippen molar-refractivity contribution in [2.75, 3.05) is 5.32 Å². The Hall–Kier alpha value is -2.54. The Labute approximate surface area is 134 Å². The van der Waals surface area contributed by atoms with Crippen LogP contribution in [-0.2, 0) is 16.2 Å². The number of carbonyl (C=O) groups excluding carboxylic acids is 1. The van der Waals surface area contributed by atoms with E-state index in [1.807, 2.05) is 0 Å². The molecule has 0 aliphatic carbocycles. The third-order valence-electron chi connectivity index (χ3n) is 2.70. The van der Waals surface area contributed by atoms with Gasteiger partial charge in [-0.05, 0) is 24.3 Å². The summed E-state index contributed by atoms with van der Waals surface area (Å²) in [6, 6.07) is 6.82. The van der Waals surface area contributed by atoms with Gasteiger partial charge in [0, 0.05) is 11.6 Å². The molecule has 0 fully saturated rings. The van der Waals surface area contributed by atoms with Crippen molar-refractivity contribution in [1.29, 1.82) is 0 Å². The summed E-state index contributed by atoms with van der Waals surface area (Å²) in [6.07, 6.45) is 0.734. The molecule has 4 nitrogen and oxygen atoms in total. The standard InChI is InChI=1S/C15H10ClF3N2O2/c16-11-2-1-3-12(18)10(11)8-23-20-7-15(22)21-14-5-4-9(17)6-13(14)19/h1-7H,8H2,(H,21,22). The minimum Gasteiger partial charge on any atom is -0.391 e. The van der Waals surface area contributed by atoms with Gasteiger partial charge in [0.05, 0.1) is 10.7 Å². The van der Waals surface area contributed by atoms with Crippen molar-refractivity contribution in [3.05, 3.63) is 64.4 Å². The Morgan fingerprint density at radius 3 is 2.70 bits per heavy atom. The molecule has 0 aliphatic rings. The highest BCUT2D eigenvalue weighted by Gasteiger charge is 2.08. The van der Waals surface area contributed by atoms with Crippen molar-refractivity contribution in [2.45, 2.75) is 6.61 Å². The number of anilines is 1. The van der Waals surface area contributed by atoms with Gasteiger partial charge in [0.1, 0.15) is 30.3 Å². The Kier molecular flexibility index (Phi) is 5.59. The molecule has 0 aliphatic heterocycles. The van der Waals surface area contributed by atoms with E-state index in [0.29, 0.717) is 6.07 Å². The second-order valence-electron chi connectivity index (χ2n) is 4.32. The van der Waals surface area contributed by atoms with E-state index in [2.05, 4.69) is 10.5 Å². The van der Waals surface area contributed by atoms with E-state index in [0.717, 1.165) is 18.3 Å². The molecule has 0 bridgehead atoms. The van der Waals surface area contributed by atoms with Crippen LogP contribution in [0.25, 0.3) is 0 Å². The third-order valence-corrected chi connectivity index (χ3v) is 3.06. The van der Waals surface area contributed by atoms with Crippen LogP contribution in [-0.4, -0.2) is 12.1 Å². The van der Waals surface area contributed by atoms with E-state index in [4.69, 9.17) is 16.4 Å². The van der Waals surface area contributed by atoms with Crippen molar-refractivity contribution in [3.63, 3.8) is 0 Å². The summed E-state index contributed by atoms with van der Waals surface area (Å²) in [5.41, 5.74) is -0.115. The molecule has 1 N–H and O–H groups in total. The summed E-state index contributed by atoms with van der Waals surface area (Å²) >= 11 is 5.79. The lowest BCUT2D eigenvalue weighted by Crippen LogP contribution is -2.14. The van der Waals surface area contributed by atoms with Crippen LogP contribution >= 0.6 is 11.6 Å². The van der Waals surface area contributed by atoms with Gasteiger partial charge in [-0.15, -0.1) is 0 Å². The monoisotopic (exact) mass is 342 g/mol. The second kappa shape index (κ2) is 7.64. The molecule has 2 aromatic carbocycles. The predicted octanol–water partition coefficient (Wildman–Crippen LogP) is 3.90. The SMILES string of the molecule is O=C(C=NOCc1c(F)cccc1Cl)Nc1ccc(F)cc1F. The van der Waals surface area contributed by atoms with E-state index < -0.39 is 23.4 Å². The molecule has 2 aromatic rings. The van der Waals surface area contributed by atoms with Gasteiger partial charge in [-0.2, -0.15) is 0 Å². The lowest BCUT2D eigenvalue weighted by molar-refractivity contribution is -0.110. The molecule has 2 rings (SSSR count). The van der Waals surface area contributed by atoms with E-state index in [1.54, 1.807) is 0 Å². The lowest BCUT2D eigenvalue weighted by Gasteiger charge is -2.04. The number of amides is 1. The van der Waals surface area contributed by atoms with Gasteiger partial charge in [0.15, 0.2) is 0 Å². The number of hydrogen-bond acceptors (Lipinski definition) is 3. The van der Waals surface area contributed by atoms with Crippen molar-refractivity contribution in [2.24, 2.45) is 5.16 Å². The first-order chi connectivity index (χ1) is 11.0. The van der Waals surface area contributed by atoms with Crippen molar-refractivity contribution in [3.8, 4) is 0 Å². The second-order valence-corrected chi connectivity index (χ2v) is 4.73. The smallest absolute Gasteiger partial charge is 0.270 e. The fourth-order valence-electron chi connectivity index (χ4n) is 1.61. The Balaban J connectivity index is 1.89. The molecule has 0 unspecified atom stereocenters. The van der Waals surface area contributed by atoms with Gasteiger partial charge in [-0.1, -0.05) is 22.8 Å². The highest BCUT2D eigenvalue weighted by atomic mass is 35.5. The lowest BCUT2D eigenvalue weighted by atomic mass is 10.2. The molecule has 0 atom stereocenters. The van der Waals surface area contributed by atoms with E-state index >= 15 is 0 Å². The van der Waals surface area contributed by atoms with Gasteiger partial charge >= 0.3 is 0 Å². The summed E-state index contributed by atoms with van der Waals surface area (Å²) in [4.78, 5) is 16.3. The zero-order valence-electron chi connectivity index (χ0n) is 11.5. The summed E-state index contributed by atoms with van der Waals surface area (Å²) in [5.74, 6) is -3.05. The molecule has 120 valence electrons. The van der Waals surface area contributed by atoms with Gasteiger partial charge < -0.3 is 10.2 Å². The summed E-state index contributed by atoms with van der Waals surface area (Å²) < 4.78 is 39.5. The van der Waals surface area contributed by atoms with Crippen LogP contribution in [0.1, 0.15) is 5.56 Å². The maximum Gasteiger partial charge on any atom is 0.270 e. The van der Waals surface area contributed by atoms with E-state index in [9.17, 15) is 18.0 Å². The quantitative estimate of drug-likeness (QED) is 0.662. The highest BCUT2D eigenvalue weighted by Crippen LogP contribution is 2.19. The molecule has 0 heterocycles. The number of carbonyl (C=O) groups is 1. The first-order valence-electron chi connectivity index (χ1n) is 6.31. The van der Waals surface area contributed by atoms with E-state index in [1.165, 1.54) is 18.2 Å². The van der Waals surface area contributed by atoms with Gasteiger partial charge in [-0.25, -0.2) is 13.2 Å². The number of halogens is 4. The van der Waals surface area contributed by atoms with Crippen LogP contribution in [0.5, 0.6) is 0 Å².